The zero-order chi connectivity index (χ0) is 21.0. The van der Waals surface area contributed by atoms with Crippen LogP contribution in [0.2, 0.25) is 0 Å². The number of aliphatic hydroxyl groups is 1. The van der Waals surface area contributed by atoms with Crippen molar-refractivity contribution in [1.29, 1.82) is 0 Å². The summed E-state index contributed by atoms with van der Waals surface area (Å²) in [6.07, 6.45) is 3.24. The lowest BCUT2D eigenvalue weighted by Gasteiger charge is -2.33. The number of nitrogens with one attached hydrogen (secondary N) is 2. The molecule has 1 aromatic carbocycles. The highest BCUT2D eigenvalue weighted by molar-refractivity contribution is 5.80. The highest BCUT2D eigenvalue weighted by Gasteiger charge is 2.20. The minimum Gasteiger partial charge on any atom is -0.389 e. The highest BCUT2D eigenvalue weighted by atomic mass is 16.5. The Morgan fingerprint density at radius 1 is 1.20 bits per heavy atom. The molecular formula is C23H33N5O2. The van der Waals surface area contributed by atoms with Crippen molar-refractivity contribution in [3.05, 3.63) is 60.3 Å². The van der Waals surface area contributed by atoms with Gasteiger partial charge in [0.15, 0.2) is 5.96 Å². The maximum Gasteiger partial charge on any atom is 0.191 e. The van der Waals surface area contributed by atoms with E-state index < -0.39 is 6.10 Å². The van der Waals surface area contributed by atoms with Crippen LogP contribution in [0.3, 0.4) is 0 Å². The quantitative estimate of drug-likeness (QED) is 0.433. The third-order valence-corrected chi connectivity index (χ3v) is 5.04. The lowest BCUT2D eigenvalue weighted by molar-refractivity contribution is 0.0331. The number of aromatic nitrogens is 1. The summed E-state index contributed by atoms with van der Waals surface area (Å²) in [5.74, 6) is 1.78. The number of piperidine rings is 1. The van der Waals surface area contributed by atoms with Gasteiger partial charge in [0.2, 0.25) is 0 Å². The van der Waals surface area contributed by atoms with Gasteiger partial charge in [-0.15, -0.1) is 0 Å². The number of hydrogen-bond donors (Lipinski definition) is 3. The average Bonchev–Trinajstić information content (AvgIpc) is 2.79. The molecule has 1 aromatic heterocycles. The number of pyridine rings is 1. The maximum absolute atomic E-state index is 10.2. The van der Waals surface area contributed by atoms with Crippen LogP contribution < -0.4 is 15.5 Å². The van der Waals surface area contributed by atoms with Crippen molar-refractivity contribution >= 4 is 11.8 Å². The van der Waals surface area contributed by atoms with Gasteiger partial charge in [0.1, 0.15) is 5.82 Å². The minimum absolute atomic E-state index is 0.264. The molecule has 0 spiro atoms. The molecule has 1 unspecified atom stereocenters. The summed E-state index contributed by atoms with van der Waals surface area (Å²) in [5.41, 5.74) is 1.10. The molecule has 3 rings (SSSR count). The van der Waals surface area contributed by atoms with E-state index in [4.69, 9.17) is 4.74 Å². The molecule has 1 atom stereocenters. The van der Waals surface area contributed by atoms with Gasteiger partial charge < -0.3 is 25.4 Å². The van der Waals surface area contributed by atoms with Gasteiger partial charge in [-0.3, -0.25) is 4.99 Å². The molecule has 3 N–H and O–H groups in total. The van der Waals surface area contributed by atoms with E-state index >= 15 is 0 Å². The number of ether oxygens (including phenoxy) is 1. The molecule has 0 amide bonds. The summed E-state index contributed by atoms with van der Waals surface area (Å²) >= 11 is 0. The van der Waals surface area contributed by atoms with Gasteiger partial charge in [-0.05, 0) is 37.5 Å². The second-order valence-corrected chi connectivity index (χ2v) is 7.47. The van der Waals surface area contributed by atoms with Gasteiger partial charge in [-0.25, -0.2) is 4.98 Å². The maximum atomic E-state index is 10.2. The van der Waals surface area contributed by atoms with Gasteiger partial charge in [0.05, 0.1) is 25.9 Å². The van der Waals surface area contributed by atoms with Crippen molar-refractivity contribution in [2.45, 2.75) is 38.5 Å². The fourth-order valence-corrected chi connectivity index (χ4v) is 3.44. The first-order valence-corrected chi connectivity index (χ1v) is 10.7. The molecule has 0 aliphatic carbocycles. The molecule has 7 nitrogen and oxygen atoms in total. The summed E-state index contributed by atoms with van der Waals surface area (Å²) in [5, 5.41) is 17.0. The van der Waals surface area contributed by atoms with Gasteiger partial charge in [-0.2, -0.15) is 0 Å². The van der Waals surface area contributed by atoms with E-state index in [9.17, 15) is 5.11 Å². The topological polar surface area (TPSA) is 82.0 Å². The number of nitrogens with zero attached hydrogens (tertiary/aromatic N) is 3. The molecular weight excluding hydrogens is 378 g/mol. The SMILES string of the molecule is CCNC(=NCC(O)COCc1ccccc1)NC1CCN(c2ccccn2)CC1. The first kappa shape index (κ1) is 22.1. The summed E-state index contributed by atoms with van der Waals surface area (Å²) in [6.45, 7) is 5.81. The summed E-state index contributed by atoms with van der Waals surface area (Å²) < 4.78 is 5.61. The average molecular weight is 412 g/mol. The Bertz CT molecular complexity index is 749. The number of guanidine groups is 1. The van der Waals surface area contributed by atoms with Crippen molar-refractivity contribution in [3.8, 4) is 0 Å². The molecule has 162 valence electrons. The van der Waals surface area contributed by atoms with Crippen LogP contribution in [0.25, 0.3) is 0 Å². The Morgan fingerprint density at radius 3 is 2.67 bits per heavy atom. The van der Waals surface area contributed by atoms with E-state index in [2.05, 4.69) is 31.6 Å². The Balaban J connectivity index is 1.40. The van der Waals surface area contributed by atoms with E-state index in [1.54, 1.807) is 0 Å². The second-order valence-electron chi connectivity index (χ2n) is 7.47. The van der Waals surface area contributed by atoms with Crippen molar-refractivity contribution in [3.63, 3.8) is 0 Å². The van der Waals surface area contributed by atoms with Crippen LogP contribution in [0, 0.1) is 0 Å². The van der Waals surface area contributed by atoms with Crippen LogP contribution in [0.15, 0.2) is 59.7 Å². The van der Waals surface area contributed by atoms with E-state index in [1.807, 2.05) is 55.6 Å². The zero-order valence-corrected chi connectivity index (χ0v) is 17.7. The number of benzene rings is 1. The van der Waals surface area contributed by atoms with Crippen LogP contribution in [-0.2, 0) is 11.3 Å². The third kappa shape index (κ3) is 7.31. The first-order chi connectivity index (χ1) is 14.7. The molecule has 2 aromatic rings. The first-order valence-electron chi connectivity index (χ1n) is 10.7. The fourth-order valence-electron chi connectivity index (χ4n) is 3.44. The highest BCUT2D eigenvalue weighted by Crippen LogP contribution is 2.17. The largest absolute Gasteiger partial charge is 0.389 e. The molecule has 0 radical (unpaired) electrons. The molecule has 2 heterocycles. The lowest BCUT2D eigenvalue weighted by Crippen LogP contribution is -2.49. The van der Waals surface area contributed by atoms with Crippen molar-refractivity contribution in [2.75, 3.05) is 37.7 Å². The smallest absolute Gasteiger partial charge is 0.191 e. The molecule has 1 fully saturated rings. The molecule has 30 heavy (non-hydrogen) atoms. The van der Waals surface area contributed by atoms with Crippen molar-refractivity contribution in [1.82, 2.24) is 15.6 Å². The van der Waals surface area contributed by atoms with Gasteiger partial charge in [-0.1, -0.05) is 36.4 Å². The lowest BCUT2D eigenvalue weighted by atomic mass is 10.1. The van der Waals surface area contributed by atoms with Crippen LogP contribution >= 0.6 is 0 Å². The molecule has 1 aliphatic heterocycles. The molecule has 7 heteroatoms. The Morgan fingerprint density at radius 2 is 1.97 bits per heavy atom. The number of rotatable bonds is 9. The van der Waals surface area contributed by atoms with Crippen molar-refractivity contribution < 1.29 is 9.84 Å². The molecule has 1 saturated heterocycles. The normalized spacial score (nSPS) is 16.3. The van der Waals surface area contributed by atoms with Gasteiger partial charge >= 0.3 is 0 Å². The van der Waals surface area contributed by atoms with Crippen LogP contribution in [-0.4, -0.2) is 61.0 Å². The van der Waals surface area contributed by atoms with E-state index in [0.29, 0.717) is 19.2 Å². The van der Waals surface area contributed by atoms with Crippen LogP contribution in [0.1, 0.15) is 25.3 Å². The van der Waals surface area contributed by atoms with Gasteiger partial charge in [0, 0.05) is 31.9 Å². The van der Waals surface area contributed by atoms with Gasteiger partial charge in [0.25, 0.3) is 0 Å². The molecule has 0 saturated carbocycles. The van der Waals surface area contributed by atoms with E-state index in [-0.39, 0.29) is 6.61 Å². The number of hydrogen-bond acceptors (Lipinski definition) is 5. The Hall–Kier alpha value is -2.64. The predicted molar refractivity (Wildman–Crippen MR) is 121 cm³/mol. The summed E-state index contributed by atoms with van der Waals surface area (Å²) in [4.78, 5) is 11.3. The van der Waals surface area contributed by atoms with E-state index in [0.717, 1.165) is 49.8 Å². The number of aliphatic imine (C=N–C) groups is 1. The third-order valence-electron chi connectivity index (χ3n) is 5.04. The molecule has 1 aliphatic rings. The van der Waals surface area contributed by atoms with Crippen LogP contribution in [0.4, 0.5) is 5.82 Å². The molecule has 0 bridgehead atoms. The fraction of sp³-hybridized carbons (Fsp3) is 0.478. The zero-order valence-electron chi connectivity index (χ0n) is 17.7. The van der Waals surface area contributed by atoms with Crippen LogP contribution in [0.5, 0.6) is 0 Å². The second kappa shape index (κ2) is 12.1. The number of aliphatic hydroxyl groups excluding tert-OH is 1. The standard InChI is InChI=1S/C23H33N5O2/c1-2-24-23(26-16-21(29)18-30-17-19-8-4-3-5-9-19)27-20-11-14-28(15-12-20)22-10-6-7-13-25-22/h3-10,13,20-21,29H,2,11-12,14-18H2,1H3,(H2,24,26,27). The Kier molecular flexibility index (Phi) is 8.93. The van der Waals surface area contributed by atoms with Crippen molar-refractivity contribution in [2.24, 2.45) is 4.99 Å². The predicted octanol–water partition coefficient (Wildman–Crippen LogP) is 2.18. The Labute approximate surface area is 179 Å². The minimum atomic E-state index is -0.629. The number of anilines is 1. The van der Waals surface area contributed by atoms with E-state index in [1.165, 1.54) is 0 Å². The summed E-state index contributed by atoms with van der Waals surface area (Å²) in [7, 11) is 0. The monoisotopic (exact) mass is 411 g/mol. The summed E-state index contributed by atoms with van der Waals surface area (Å²) in [6, 6.07) is 16.3.